The highest BCUT2D eigenvalue weighted by molar-refractivity contribution is 5.97. The fourth-order valence-electron chi connectivity index (χ4n) is 2.95. The summed E-state index contributed by atoms with van der Waals surface area (Å²) in [7, 11) is 0. The summed E-state index contributed by atoms with van der Waals surface area (Å²) in [4.78, 5) is 17.3. The molecule has 0 aliphatic carbocycles. The average molecular weight is 287 g/mol. The lowest BCUT2D eigenvalue weighted by molar-refractivity contribution is -0.383. The molecule has 1 N–H and O–H groups in total. The predicted molar refractivity (Wildman–Crippen MR) is 80.5 cm³/mol. The quantitative estimate of drug-likeness (QED) is 0.692. The van der Waals surface area contributed by atoms with Crippen LogP contribution in [0.5, 0.6) is 0 Å². The van der Waals surface area contributed by atoms with Gasteiger partial charge in [-0.05, 0) is 19.4 Å². The van der Waals surface area contributed by atoms with E-state index in [4.69, 9.17) is 0 Å². The number of aromatic nitrogens is 1. The number of hydrogen-bond acceptors (Lipinski definition) is 5. The molecule has 3 rings (SSSR count). The topological polar surface area (TPSA) is 79.5 Å². The van der Waals surface area contributed by atoms with Crippen LogP contribution >= 0.6 is 0 Å². The first-order chi connectivity index (χ1) is 10.1. The van der Waals surface area contributed by atoms with Crippen LogP contribution in [0, 0.1) is 23.0 Å². The van der Waals surface area contributed by atoms with Gasteiger partial charge in [0.15, 0.2) is 5.52 Å². The molecule has 2 heterocycles. The number of benzene rings is 1. The summed E-state index contributed by atoms with van der Waals surface area (Å²) in [6.45, 7) is 3.65. The Labute approximate surface area is 122 Å². The minimum Gasteiger partial charge on any atom is -0.396 e. The summed E-state index contributed by atoms with van der Waals surface area (Å²) < 4.78 is 0. The van der Waals surface area contributed by atoms with Crippen LogP contribution in [-0.4, -0.2) is 34.7 Å². The number of anilines is 1. The third-order valence-electron chi connectivity index (χ3n) is 4.01. The van der Waals surface area contributed by atoms with Crippen molar-refractivity contribution in [3.63, 3.8) is 0 Å². The zero-order valence-electron chi connectivity index (χ0n) is 11.8. The highest BCUT2D eigenvalue weighted by Gasteiger charge is 2.25. The first-order valence-corrected chi connectivity index (χ1v) is 7.00. The number of aliphatic hydroxyl groups is 1. The van der Waals surface area contributed by atoms with Crippen LogP contribution in [0.15, 0.2) is 24.3 Å². The number of nitro benzene ring substituents is 1. The number of pyridine rings is 1. The molecule has 1 aliphatic heterocycles. The smallest absolute Gasteiger partial charge is 0.295 e. The van der Waals surface area contributed by atoms with E-state index in [0.29, 0.717) is 5.52 Å². The molecule has 1 saturated heterocycles. The van der Waals surface area contributed by atoms with Gasteiger partial charge in [0.05, 0.1) is 4.92 Å². The van der Waals surface area contributed by atoms with E-state index in [1.54, 1.807) is 6.07 Å². The molecule has 1 aromatic carbocycles. The number of non-ortho nitro benzene ring substituents is 1. The lowest BCUT2D eigenvalue weighted by Gasteiger charge is -2.21. The number of aliphatic hydroxyl groups excluding tert-OH is 1. The van der Waals surface area contributed by atoms with Gasteiger partial charge in [0.1, 0.15) is 0 Å². The Bertz CT molecular complexity index is 702. The monoisotopic (exact) mass is 287 g/mol. The minimum absolute atomic E-state index is 0.0374. The van der Waals surface area contributed by atoms with E-state index in [-0.39, 0.29) is 23.1 Å². The number of hydrogen-bond donors (Lipinski definition) is 1. The Hall–Kier alpha value is -2.21. The molecule has 21 heavy (non-hydrogen) atoms. The molecule has 0 amide bonds. The van der Waals surface area contributed by atoms with Gasteiger partial charge in [-0.1, -0.05) is 12.1 Å². The fourth-order valence-corrected chi connectivity index (χ4v) is 2.95. The molecule has 1 atom stereocenters. The number of nitro groups is 1. The maximum Gasteiger partial charge on any atom is 0.295 e. The Morgan fingerprint density at radius 1 is 1.52 bits per heavy atom. The third kappa shape index (κ3) is 2.42. The maximum atomic E-state index is 11.2. The van der Waals surface area contributed by atoms with Crippen LogP contribution in [0.4, 0.5) is 11.4 Å². The summed E-state index contributed by atoms with van der Waals surface area (Å²) >= 11 is 0. The fraction of sp³-hybridized carbons (Fsp3) is 0.400. The van der Waals surface area contributed by atoms with Crippen molar-refractivity contribution >= 4 is 22.3 Å². The van der Waals surface area contributed by atoms with E-state index < -0.39 is 0 Å². The third-order valence-corrected chi connectivity index (χ3v) is 4.01. The minimum atomic E-state index is -0.390. The van der Waals surface area contributed by atoms with Crippen LogP contribution in [0.3, 0.4) is 0 Å². The molecule has 110 valence electrons. The van der Waals surface area contributed by atoms with Gasteiger partial charge in [0.25, 0.3) is 5.69 Å². The summed E-state index contributed by atoms with van der Waals surface area (Å²) in [5.41, 5.74) is 2.21. The second kappa shape index (κ2) is 5.29. The number of aryl methyl sites for hydroxylation is 1. The normalized spacial score (nSPS) is 18.4. The molecule has 1 unspecified atom stereocenters. The van der Waals surface area contributed by atoms with Crippen molar-refractivity contribution in [3.05, 3.63) is 40.1 Å². The van der Waals surface area contributed by atoms with Gasteiger partial charge < -0.3 is 10.0 Å². The predicted octanol–water partition coefficient (Wildman–Crippen LogP) is 2.27. The molecule has 6 nitrogen and oxygen atoms in total. The summed E-state index contributed by atoms with van der Waals surface area (Å²) in [5.74, 6) is 0.271. The van der Waals surface area contributed by atoms with Crippen LogP contribution in [-0.2, 0) is 0 Å². The summed E-state index contributed by atoms with van der Waals surface area (Å²) in [6.07, 6.45) is 0.939. The van der Waals surface area contributed by atoms with Crippen LogP contribution in [0.25, 0.3) is 10.9 Å². The highest BCUT2D eigenvalue weighted by Crippen LogP contribution is 2.34. The van der Waals surface area contributed by atoms with Crippen LogP contribution in [0.2, 0.25) is 0 Å². The largest absolute Gasteiger partial charge is 0.396 e. The first-order valence-electron chi connectivity index (χ1n) is 7.00. The molecule has 6 heteroatoms. The molecule has 1 fully saturated rings. The highest BCUT2D eigenvalue weighted by atomic mass is 16.6. The van der Waals surface area contributed by atoms with Crippen LogP contribution in [0.1, 0.15) is 12.1 Å². The Balaban J connectivity index is 2.15. The number of rotatable bonds is 3. The molecular formula is C15H17N3O3. The van der Waals surface area contributed by atoms with Gasteiger partial charge in [-0.3, -0.25) is 10.1 Å². The molecule has 1 aromatic heterocycles. The van der Waals surface area contributed by atoms with E-state index in [1.165, 1.54) is 6.07 Å². The van der Waals surface area contributed by atoms with Gasteiger partial charge in [0.2, 0.25) is 0 Å². The van der Waals surface area contributed by atoms with Crippen molar-refractivity contribution in [1.82, 2.24) is 4.98 Å². The summed E-state index contributed by atoms with van der Waals surface area (Å²) in [6, 6.07) is 7.02. The van der Waals surface area contributed by atoms with Crippen molar-refractivity contribution in [3.8, 4) is 0 Å². The van der Waals surface area contributed by atoms with E-state index >= 15 is 0 Å². The molecule has 0 radical (unpaired) electrons. The van der Waals surface area contributed by atoms with Crippen molar-refractivity contribution < 1.29 is 10.0 Å². The molecule has 0 spiro atoms. The van der Waals surface area contributed by atoms with E-state index in [1.807, 2.05) is 19.1 Å². The first kappa shape index (κ1) is 13.8. The van der Waals surface area contributed by atoms with E-state index in [0.717, 1.165) is 36.3 Å². The Morgan fingerprint density at radius 2 is 2.33 bits per heavy atom. The maximum absolute atomic E-state index is 11.2. The van der Waals surface area contributed by atoms with Gasteiger partial charge >= 0.3 is 0 Å². The lowest BCUT2D eigenvalue weighted by atomic mass is 10.1. The van der Waals surface area contributed by atoms with E-state index in [9.17, 15) is 15.2 Å². The van der Waals surface area contributed by atoms with Gasteiger partial charge in [0, 0.05) is 48.4 Å². The summed E-state index contributed by atoms with van der Waals surface area (Å²) in [5, 5.41) is 21.3. The molecule has 2 aromatic rings. The van der Waals surface area contributed by atoms with Crippen molar-refractivity contribution in [2.24, 2.45) is 5.92 Å². The zero-order valence-corrected chi connectivity index (χ0v) is 11.8. The zero-order chi connectivity index (χ0) is 15.0. The lowest BCUT2D eigenvalue weighted by Crippen LogP contribution is -2.21. The molecule has 0 bridgehead atoms. The molecular weight excluding hydrogens is 270 g/mol. The Morgan fingerprint density at radius 3 is 3.00 bits per heavy atom. The average Bonchev–Trinajstić information content (AvgIpc) is 2.94. The number of nitrogens with zero attached hydrogens (tertiary/aromatic N) is 3. The van der Waals surface area contributed by atoms with E-state index in [2.05, 4.69) is 9.88 Å². The van der Waals surface area contributed by atoms with Crippen LogP contribution < -0.4 is 4.90 Å². The van der Waals surface area contributed by atoms with Crippen molar-refractivity contribution in [2.45, 2.75) is 13.3 Å². The second-order valence-corrected chi connectivity index (χ2v) is 5.50. The van der Waals surface area contributed by atoms with Crippen molar-refractivity contribution in [2.75, 3.05) is 24.6 Å². The Kier molecular flexibility index (Phi) is 3.47. The van der Waals surface area contributed by atoms with Gasteiger partial charge in [-0.25, -0.2) is 4.98 Å². The standard InChI is InChI=1S/C15H17N3O3/c1-10-7-14(17-6-5-11(8-17)9-19)12-3-2-4-13(18(20)21)15(12)16-10/h2-4,7,11,19H,5-6,8-9H2,1H3. The SMILES string of the molecule is Cc1cc(N2CCC(CO)C2)c2cccc([N+](=O)[O-])c2n1. The van der Waals surface area contributed by atoms with Gasteiger partial charge in [-0.15, -0.1) is 0 Å². The second-order valence-electron chi connectivity index (χ2n) is 5.50. The number of para-hydroxylation sites is 1. The molecule has 1 aliphatic rings. The molecule has 0 saturated carbocycles. The van der Waals surface area contributed by atoms with Gasteiger partial charge in [-0.2, -0.15) is 0 Å². The number of fused-ring (bicyclic) bond motifs is 1. The van der Waals surface area contributed by atoms with Crippen molar-refractivity contribution in [1.29, 1.82) is 0 Å².